The summed E-state index contributed by atoms with van der Waals surface area (Å²) in [4.78, 5) is 16.7. The number of hydrogen-bond donors (Lipinski definition) is 2. The molecule has 0 atom stereocenters. The second-order valence-electron chi connectivity index (χ2n) is 7.89. The highest BCUT2D eigenvalue weighted by Gasteiger charge is 2.18. The molecule has 3 aromatic rings. The summed E-state index contributed by atoms with van der Waals surface area (Å²) in [6.07, 6.45) is 0. The van der Waals surface area contributed by atoms with E-state index in [2.05, 4.69) is 29.3 Å². The molecule has 1 aliphatic rings. The first-order chi connectivity index (χ1) is 15.2. The Morgan fingerprint density at radius 1 is 0.935 bits per heavy atom. The molecule has 31 heavy (non-hydrogen) atoms. The van der Waals surface area contributed by atoms with E-state index in [1.165, 1.54) is 25.3 Å². The second-order valence-corrected chi connectivity index (χ2v) is 7.89. The number of rotatable bonds is 7. The Balaban J connectivity index is 1.29. The largest absolute Gasteiger partial charge is 0.489 e. The lowest BCUT2D eigenvalue weighted by atomic mass is 10.2. The predicted molar refractivity (Wildman–Crippen MR) is 125 cm³/mol. The maximum atomic E-state index is 12.6. The number of piperazine rings is 1. The first-order valence-electron chi connectivity index (χ1n) is 11.0. The smallest absolute Gasteiger partial charge is 0.255 e. The molecular formula is C26H30N3O2+. The highest BCUT2D eigenvalue weighted by Crippen LogP contribution is 2.19. The van der Waals surface area contributed by atoms with Crippen LogP contribution in [0.4, 0.5) is 11.4 Å². The fraction of sp³-hybridized carbons (Fsp3) is 0.269. The van der Waals surface area contributed by atoms with Crippen molar-refractivity contribution in [2.75, 3.05) is 42.9 Å². The molecule has 5 heteroatoms. The van der Waals surface area contributed by atoms with Crippen molar-refractivity contribution in [1.29, 1.82) is 0 Å². The SMILES string of the molecule is CC[NH+]1CCN(c2ccc(NC(=O)c3ccc(OCc4ccccc4)cc3)cc2)CC1. The summed E-state index contributed by atoms with van der Waals surface area (Å²) in [5.74, 6) is 0.622. The molecule has 1 aliphatic heterocycles. The maximum absolute atomic E-state index is 12.6. The number of quaternary nitrogens is 1. The van der Waals surface area contributed by atoms with Gasteiger partial charge in [-0.15, -0.1) is 0 Å². The van der Waals surface area contributed by atoms with E-state index in [0.29, 0.717) is 12.2 Å². The van der Waals surface area contributed by atoms with Crippen molar-refractivity contribution in [2.45, 2.75) is 13.5 Å². The van der Waals surface area contributed by atoms with Crippen LogP contribution in [0.1, 0.15) is 22.8 Å². The van der Waals surface area contributed by atoms with E-state index < -0.39 is 0 Å². The lowest BCUT2D eigenvalue weighted by molar-refractivity contribution is -0.898. The molecule has 4 rings (SSSR count). The zero-order valence-corrected chi connectivity index (χ0v) is 18.0. The van der Waals surface area contributed by atoms with Crippen molar-refractivity contribution in [3.63, 3.8) is 0 Å². The fourth-order valence-corrected chi connectivity index (χ4v) is 3.84. The van der Waals surface area contributed by atoms with E-state index in [4.69, 9.17) is 4.74 Å². The van der Waals surface area contributed by atoms with Crippen molar-refractivity contribution < 1.29 is 14.4 Å². The van der Waals surface area contributed by atoms with Gasteiger partial charge in [0.25, 0.3) is 5.91 Å². The predicted octanol–water partition coefficient (Wildman–Crippen LogP) is 3.24. The Morgan fingerprint density at radius 2 is 1.61 bits per heavy atom. The summed E-state index contributed by atoms with van der Waals surface area (Å²) in [5, 5.41) is 2.98. The molecule has 0 spiro atoms. The van der Waals surface area contributed by atoms with Gasteiger partial charge in [-0.3, -0.25) is 4.79 Å². The van der Waals surface area contributed by atoms with Gasteiger partial charge in [0.15, 0.2) is 0 Å². The Labute approximate surface area is 184 Å². The number of carbonyl (C=O) groups is 1. The molecule has 0 unspecified atom stereocenters. The topological polar surface area (TPSA) is 46.0 Å². The Kier molecular flexibility index (Phi) is 6.85. The first kappa shape index (κ1) is 20.9. The number of amides is 1. The van der Waals surface area contributed by atoms with Crippen LogP contribution in [0.15, 0.2) is 78.9 Å². The van der Waals surface area contributed by atoms with Gasteiger partial charge in [-0.05, 0) is 61.0 Å². The van der Waals surface area contributed by atoms with Crippen LogP contribution in [0.2, 0.25) is 0 Å². The van der Waals surface area contributed by atoms with E-state index in [0.717, 1.165) is 30.1 Å². The number of carbonyl (C=O) groups excluding carboxylic acids is 1. The third-order valence-electron chi connectivity index (χ3n) is 5.83. The maximum Gasteiger partial charge on any atom is 0.255 e. The van der Waals surface area contributed by atoms with Crippen LogP contribution in [0.5, 0.6) is 5.75 Å². The molecule has 0 aromatic heterocycles. The molecule has 0 radical (unpaired) electrons. The van der Waals surface area contributed by atoms with Gasteiger partial charge in [0.05, 0.1) is 32.7 Å². The monoisotopic (exact) mass is 416 g/mol. The van der Waals surface area contributed by atoms with Gasteiger partial charge < -0.3 is 19.9 Å². The van der Waals surface area contributed by atoms with Gasteiger partial charge in [0, 0.05) is 16.9 Å². The second kappa shape index (κ2) is 10.1. The minimum atomic E-state index is -0.123. The number of benzene rings is 3. The first-order valence-corrected chi connectivity index (χ1v) is 11.0. The van der Waals surface area contributed by atoms with Gasteiger partial charge in [0.1, 0.15) is 12.4 Å². The van der Waals surface area contributed by atoms with Crippen LogP contribution < -0.4 is 19.9 Å². The van der Waals surface area contributed by atoms with Crippen molar-refractivity contribution >= 4 is 17.3 Å². The van der Waals surface area contributed by atoms with Crippen molar-refractivity contribution in [1.82, 2.24) is 0 Å². The van der Waals surface area contributed by atoms with Crippen molar-refractivity contribution in [3.8, 4) is 5.75 Å². The third kappa shape index (κ3) is 5.64. The summed E-state index contributed by atoms with van der Waals surface area (Å²) in [7, 11) is 0. The molecule has 1 amide bonds. The van der Waals surface area contributed by atoms with Crippen LogP contribution in [-0.4, -0.2) is 38.6 Å². The van der Waals surface area contributed by atoms with E-state index in [1.54, 1.807) is 17.0 Å². The van der Waals surface area contributed by atoms with Gasteiger partial charge in [-0.2, -0.15) is 0 Å². The van der Waals surface area contributed by atoms with Crippen LogP contribution >= 0.6 is 0 Å². The molecule has 1 saturated heterocycles. The average molecular weight is 417 g/mol. The standard InChI is InChI=1S/C26H29N3O2/c1-2-28-16-18-29(19-17-28)24-12-10-23(11-13-24)27-26(30)22-8-14-25(15-9-22)31-20-21-6-4-3-5-7-21/h3-15H,2,16-20H2,1H3,(H,27,30)/p+1. The van der Waals surface area contributed by atoms with Crippen LogP contribution in [0.25, 0.3) is 0 Å². The summed E-state index contributed by atoms with van der Waals surface area (Å²) < 4.78 is 5.79. The zero-order chi connectivity index (χ0) is 21.5. The number of hydrogen-bond acceptors (Lipinski definition) is 3. The molecule has 0 aliphatic carbocycles. The number of likely N-dealkylation sites (N-methyl/N-ethyl adjacent to an activating group) is 1. The van der Waals surface area contributed by atoms with Gasteiger partial charge in [0.2, 0.25) is 0 Å². The summed E-state index contributed by atoms with van der Waals surface area (Å²) in [6.45, 7) is 8.46. The zero-order valence-electron chi connectivity index (χ0n) is 18.0. The van der Waals surface area contributed by atoms with Crippen molar-refractivity contribution in [3.05, 3.63) is 90.0 Å². The normalized spacial score (nSPS) is 14.3. The highest BCUT2D eigenvalue weighted by molar-refractivity contribution is 6.04. The Bertz CT molecular complexity index is 964. The van der Waals surface area contributed by atoms with Crippen LogP contribution in [-0.2, 0) is 6.61 Å². The van der Waals surface area contributed by atoms with Crippen molar-refractivity contribution in [2.24, 2.45) is 0 Å². The van der Waals surface area contributed by atoms with E-state index in [9.17, 15) is 4.79 Å². The van der Waals surface area contributed by atoms with Gasteiger partial charge in [-0.1, -0.05) is 30.3 Å². The number of anilines is 2. The van der Waals surface area contributed by atoms with Gasteiger partial charge in [-0.25, -0.2) is 0 Å². The van der Waals surface area contributed by atoms with Crippen LogP contribution in [0, 0.1) is 0 Å². The summed E-state index contributed by atoms with van der Waals surface area (Å²) in [5.41, 5.74) is 3.74. The quantitative estimate of drug-likeness (QED) is 0.622. The molecule has 160 valence electrons. The molecule has 5 nitrogen and oxygen atoms in total. The number of ether oxygens (including phenoxy) is 1. The molecule has 1 fully saturated rings. The third-order valence-corrected chi connectivity index (χ3v) is 5.83. The molecule has 0 bridgehead atoms. The fourth-order valence-electron chi connectivity index (χ4n) is 3.84. The van der Waals surface area contributed by atoms with Crippen LogP contribution in [0.3, 0.4) is 0 Å². The van der Waals surface area contributed by atoms with E-state index in [1.807, 2.05) is 54.6 Å². The lowest BCUT2D eigenvalue weighted by Crippen LogP contribution is -3.14. The van der Waals surface area contributed by atoms with E-state index in [-0.39, 0.29) is 5.91 Å². The molecule has 0 saturated carbocycles. The highest BCUT2D eigenvalue weighted by atomic mass is 16.5. The number of nitrogens with zero attached hydrogens (tertiary/aromatic N) is 1. The Morgan fingerprint density at radius 3 is 2.26 bits per heavy atom. The summed E-state index contributed by atoms with van der Waals surface area (Å²) >= 11 is 0. The Hall–Kier alpha value is -3.31. The average Bonchev–Trinajstić information content (AvgIpc) is 2.84. The molecular weight excluding hydrogens is 386 g/mol. The lowest BCUT2D eigenvalue weighted by Gasteiger charge is -2.33. The minimum absolute atomic E-state index is 0.123. The number of nitrogens with one attached hydrogen (secondary N) is 2. The van der Waals surface area contributed by atoms with Gasteiger partial charge >= 0.3 is 0 Å². The van der Waals surface area contributed by atoms with E-state index >= 15 is 0 Å². The molecule has 1 heterocycles. The minimum Gasteiger partial charge on any atom is -0.489 e. The summed E-state index contributed by atoms with van der Waals surface area (Å²) in [6, 6.07) is 25.4. The molecule has 3 aromatic carbocycles. The molecule has 2 N–H and O–H groups in total.